The number of benzene rings is 1. The lowest BCUT2D eigenvalue weighted by atomic mass is 10.2. The molecule has 0 fully saturated rings. The van der Waals surface area contributed by atoms with Gasteiger partial charge in [-0.25, -0.2) is 9.18 Å². The van der Waals surface area contributed by atoms with Crippen molar-refractivity contribution in [2.24, 2.45) is 0 Å². The molecule has 0 atom stereocenters. The number of hydrogen-bond donors (Lipinski definition) is 2. The van der Waals surface area contributed by atoms with Gasteiger partial charge in [-0.1, -0.05) is 23.7 Å². The lowest BCUT2D eigenvalue weighted by Gasteiger charge is -2.03. The molecule has 0 aliphatic rings. The fourth-order valence-corrected chi connectivity index (χ4v) is 1.38. The highest BCUT2D eigenvalue weighted by Gasteiger charge is 2.01. The molecule has 0 aromatic heterocycles. The van der Waals surface area contributed by atoms with E-state index in [2.05, 4.69) is 5.32 Å². The molecule has 2 N–H and O–H groups in total. The molecule has 0 saturated carbocycles. The first-order valence-electron chi connectivity index (χ1n) is 5.05. The van der Waals surface area contributed by atoms with Crippen molar-refractivity contribution in [3.05, 3.63) is 46.3 Å². The van der Waals surface area contributed by atoms with Gasteiger partial charge >= 0.3 is 5.97 Å². The van der Waals surface area contributed by atoms with E-state index in [0.29, 0.717) is 13.1 Å². The maximum absolute atomic E-state index is 12.9. The third-order valence-electron chi connectivity index (χ3n) is 2.20. The highest BCUT2D eigenvalue weighted by Crippen LogP contribution is 2.15. The van der Waals surface area contributed by atoms with Crippen LogP contribution in [0.25, 0.3) is 0 Å². The molecule has 5 heteroatoms. The molecule has 17 heavy (non-hydrogen) atoms. The lowest BCUT2D eigenvalue weighted by Crippen LogP contribution is -2.14. The van der Waals surface area contributed by atoms with Gasteiger partial charge in [-0.3, -0.25) is 0 Å². The summed E-state index contributed by atoms with van der Waals surface area (Å²) < 4.78 is 12.9. The van der Waals surface area contributed by atoms with Gasteiger partial charge in [-0.15, -0.1) is 0 Å². The lowest BCUT2D eigenvalue weighted by molar-refractivity contribution is -0.132. The molecule has 1 aromatic carbocycles. The molecule has 0 unspecified atom stereocenters. The van der Waals surface area contributed by atoms with Crippen molar-refractivity contribution in [1.82, 2.24) is 5.32 Å². The van der Waals surface area contributed by atoms with Crippen molar-refractivity contribution in [1.29, 1.82) is 0 Å². The average molecular weight is 258 g/mol. The molecule has 0 bridgehead atoms. The summed E-state index contributed by atoms with van der Waals surface area (Å²) in [6, 6.07) is 4.47. The summed E-state index contributed by atoms with van der Waals surface area (Å²) in [7, 11) is 0. The molecule has 0 amide bonds. The summed E-state index contributed by atoms with van der Waals surface area (Å²) in [4.78, 5) is 10.5. The number of halogens is 2. The molecule has 0 heterocycles. The highest BCUT2D eigenvalue weighted by molar-refractivity contribution is 6.30. The van der Waals surface area contributed by atoms with Crippen LogP contribution in [0.5, 0.6) is 0 Å². The molecule has 0 aliphatic heterocycles. The highest BCUT2D eigenvalue weighted by atomic mass is 35.5. The molecule has 1 rings (SSSR count). The van der Waals surface area contributed by atoms with Gasteiger partial charge in [0.25, 0.3) is 0 Å². The second-order valence-electron chi connectivity index (χ2n) is 3.57. The zero-order valence-electron chi connectivity index (χ0n) is 9.34. The quantitative estimate of drug-likeness (QED) is 0.630. The Morgan fingerprint density at radius 2 is 2.29 bits per heavy atom. The fourth-order valence-electron chi connectivity index (χ4n) is 1.18. The topological polar surface area (TPSA) is 49.3 Å². The number of nitrogens with one attached hydrogen (secondary N) is 1. The standard InChI is InChI=1S/C12H13ClFNO2/c1-8(12(16)17)4-5-15-7-9-2-3-11(14)10(13)6-9/h2-4,6,15H,5,7H2,1H3,(H,16,17)/b8-4-. The maximum atomic E-state index is 12.9. The third kappa shape index (κ3) is 4.54. The van der Waals surface area contributed by atoms with Gasteiger partial charge < -0.3 is 10.4 Å². The number of rotatable bonds is 5. The van der Waals surface area contributed by atoms with Gasteiger partial charge in [0.1, 0.15) is 5.82 Å². The zero-order chi connectivity index (χ0) is 12.8. The van der Waals surface area contributed by atoms with Crippen molar-refractivity contribution in [2.75, 3.05) is 6.54 Å². The third-order valence-corrected chi connectivity index (χ3v) is 2.49. The Kier molecular flexibility index (Phi) is 5.12. The summed E-state index contributed by atoms with van der Waals surface area (Å²) in [6.45, 7) is 2.47. The van der Waals surface area contributed by atoms with Crippen LogP contribution in [0.2, 0.25) is 5.02 Å². The van der Waals surface area contributed by atoms with Crippen LogP contribution in [0.1, 0.15) is 12.5 Å². The van der Waals surface area contributed by atoms with Gasteiger partial charge in [0.15, 0.2) is 0 Å². The zero-order valence-corrected chi connectivity index (χ0v) is 10.1. The Bertz CT molecular complexity index is 446. The first-order valence-corrected chi connectivity index (χ1v) is 5.43. The van der Waals surface area contributed by atoms with Crippen LogP contribution < -0.4 is 5.32 Å². The number of carboxylic acids is 1. The summed E-state index contributed by atoms with van der Waals surface area (Å²) in [5.41, 5.74) is 1.13. The first-order chi connectivity index (χ1) is 8.00. The Morgan fingerprint density at radius 1 is 1.59 bits per heavy atom. The van der Waals surface area contributed by atoms with Crippen molar-refractivity contribution in [3.8, 4) is 0 Å². The summed E-state index contributed by atoms with van der Waals surface area (Å²) in [5, 5.41) is 11.7. The number of carbonyl (C=O) groups is 1. The summed E-state index contributed by atoms with van der Waals surface area (Å²) >= 11 is 5.63. The van der Waals surface area contributed by atoms with E-state index in [-0.39, 0.29) is 10.6 Å². The van der Waals surface area contributed by atoms with Crippen LogP contribution in [0.3, 0.4) is 0 Å². The Morgan fingerprint density at radius 3 is 2.88 bits per heavy atom. The monoisotopic (exact) mass is 257 g/mol. The van der Waals surface area contributed by atoms with Crippen LogP contribution in [-0.4, -0.2) is 17.6 Å². The van der Waals surface area contributed by atoms with E-state index in [1.54, 1.807) is 12.1 Å². The van der Waals surface area contributed by atoms with Crippen molar-refractivity contribution in [2.45, 2.75) is 13.5 Å². The van der Waals surface area contributed by atoms with Crippen LogP contribution in [0.4, 0.5) is 4.39 Å². The number of hydrogen-bond acceptors (Lipinski definition) is 2. The Hall–Kier alpha value is -1.39. The smallest absolute Gasteiger partial charge is 0.330 e. The molecule has 0 aliphatic carbocycles. The van der Waals surface area contributed by atoms with Crippen LogP contribution >= 0.6 is 11.6 Å². The number of aliphatic carboxylic acids is 1. The average Bonchev–Trinajstić information content (AvgIpc) is 2.28. The van der Waals surface area contributed by atoms with E-state index in [1.807, 2.05) is 0 Å². The van der Waals surface area contributed by atoms with Gasteiger partial charge in [-0.05, 0) is 24.6 Å². The largest absolute Gasteiger partial charge is 0.478 e. The second-order valence-corrected chi connectivity index (χ2v) is 3.98. The van der Waals surface area contributed by atoms with Crippen molar-refractivity contribution >= 4 is 17.6 Å². The summed E-state index contributed by atoms with van der Waals surface area (Å²) in [6.07, 6.45) is 1.58. The van der Waals surface area contributed by atoms with Crippen LogP contribution in [0.15, 0.2) is 29.8 Å². The molecule has 1 aromatic rings. The van der Waals surface area contributed by atoms with E-state index < -0.39 is 11.8 Å². The first kappa shape index (κ1) is 13.7. The van der Waals surface area contributed by atoms with Gasteiger partial charge in [0, 0.05) is 18.7 Å². The van der Waals surface area contributed by atoms with Gasteiger partial charge in [-0.2, -0.15) is 0 Å². The number of carboxylic acid groups (broad SMARTS) is 1. The van der Waals surface area contributed by atoms with E-state index in [9.17, 15) is 9.18 Å². The molecule has 0 saturated heterocycles. The van der Waals surface area contributed by atoms with E-state index in [1.165, 1.54) is 19.1 Å². The minimum Gasteiger partial charge on any atom is -0.478 e. The Labute approximate surface area is 104 Å². The van der Waals surface area contributed by atoms with Gasteiger partial charge in [0.05, 0.1) is 5.02 Å². The predicted molar refractivity (Wildman–Crippen MR) is 64.5 cm³/mol. The minimum atomic E-state index is -0.934. The Balaban J connectivity index is 2.44. The van der Waals surface area contributed by atoms with Crippen molar-refractivity contribution in [3.63, 3.8) is 0 Å². The minimum absolute atomic E-state index is 0.0848. The maximum Gasteiger partial charge on any atom is 0.330 e. The summed E-state index contributed by atoms with van der Waals surface area (Å²) in [5.74, 6) is -1.38. The molecule has 3 nitrogen and oxygen atoms in total. The van der Waals surface area contributed by atoms with Crippen LogP contribution in [0, 0.1) is 5.82 Å². The molecule has 92 valence electrons. The van der Waals surface area contributed by atoms with Crippen LogP contribution in [-0.2, 0) is 11.3 Å². The molecular weight excluding hydrogens is 245 g/mol. The van der Waals surface area contributed by atoms with E-state index in [4.69, 9.17) is 16.7 Å². The normalized spacial score (nSPS) is 11.6. The molecule has 0 spiro atoms. The molecular formula is C12H13ClFNO2. The second kappa shape index (κ2) is 6.37. The molecule has 0 radical (unpaired) electrons. The van der Waals surface area contributed by atoms with E-state index >= 15 is 0 Å². The fraction of sp³-hybridized carbons (Fsp3) is 0.250. The predicted octanol–water partition coefficient (Wildman–Crippen LogP) is 2.60. The van der Waals surface area contributed by atoms with Crippen molar-refractivity contribution < 1.29 is 14.3 Å². The van der Waals surface area contributed by atoms with E-state index in [0.717, 1.165) is 5.56 Å². The SMILES string of the molecule is C/C(=C/CNCc1ccc(F)c(Cl)c1)C(=O)O. The van der Waals surface area contributed by atoms with Gasteiger partial charge in [0.2, 0.25) is 0 Å².